The fraction of sp³-hybridized carbons (Fsp3) is 0.259. The van der Waals surface area contributed by atoms with Crippen LogP contribution >= 0.6 is 0 Å². The number of nitro benzene ring substituents is 1. The van der Waals surface area contributed by atoms with Crippen LogP contribution in [0.25, 0.3) is 0 Å². The van der Waals surface area contributed by atoms with Crippen molar-refractivity contribution >= 4 is 28.7 Å². The van der Waals surface area contributed by atoms with E-state index in [-0.39, 0.29) is 11.6 Å². The number of aliphatic imine (C=N–C) groups is 1. The predicted molar refractivity (Wildman–Crippen MR) is 136 cm³/mol. The van der Waals surface area contributed by atoms with Crippen molar-refractivity contribution in [3.63, 3.8) is 0 Å². The molecule has 2 aliphatic heterocycles. The Hall–Kier alpha value is -3.88. The van der Waals surface area contributed by atoms with Crippen LogP contribution in [0.5, 0.6) is 0 Å². The number of nitrogens with zero attached hydrogens (tertiary/aromatic N) is 2. The van der Waals surface area contributed by atoms with Crippen LogP contribution in [-0.2, 0) is 24.2 Å². The lowest BCUT2D eigenvalue weighted by molar-refractivity contribution is -0.384. The summed E-state index contributed by atoms with van der Waals surface area (Å²) in [6.07, 6.45) is 2.69. The quantitative estimate of drug-likeness (QED) is 0.274. The summed E-state index contributed by atoms with van der Waals surface area (Å²) in [6, 6.07) is 18.6. The summed E-state index contributed by atoms with van der Waals surface area (Å²) >= 11 is 0. The monoisotopic (exact) mass is 469 g/mol. The van der Waals surface area contributed by atoms with Crippen molar-refractivity contribution in [3.05, 3.63) is 98.6 Å². The molecule has 0 aliphatic carbocycles. The van der Waals surface area contributed by atoms with E-state index in [0.717, 1.165) is 49.2 Å². The lowest BCUT2D eigenvalue weighted by Crippen LogP contribution is -2.23. The molecule has 8 nitrogen and oxygen atoms in total. The Balaban J connectivity index is 1.61. The highest BCUT2D eigenvalue weighted by Gasteiger charge is 2.36. The molecule has 0 radical (unpaired) electrons. The van der Waals surface area contributed by atoms with Crippen molar-refractivity contribution in [3.8, 4) is 0 Å². The van der Waals surface area contributed by atoms with Gasteiger partial charge in [0.05, 0.1) is 16.3 Å². The highest BCUT2D eigenvalue weighted by atomic mass is 16.6. The van der Waals surface area contributed by atoms with Gasteiger partial charge in [-0.05, 0) is 72.8 Å². The number of benzene rings is 3. The average molecular weight is 470 g/mol. The van der Waals surface area contributed by atoms with Crippen molar-refractivity contribution in [1.29, 1.82) is 0 Å². The minimum absolute atomic E-state index is 0.0528. The predicted octanol–water partition coefficient (Wildman–Crippen LogP) is 3.99. The summed E-state index contributed by atoms with van der Waals surface area (Å²) in [7, 11) is 0. The van der Waals surface area contributed by atoms with Crippen LogP contribution in [0.1, 0.15) is 40.2 Å². The molecule has 2 heterocycles. The van der Waals surface area contributed by atoms with Crippen LogP contribution < -0.4 is 16.4 Å². The number of non-ortho nitro benzene ring substituents is 1. The summed E-state index contributed by atoms with van der Waals surface area (Å²) in [4.78, 5) is 29.1. The Labute approximate surface area is 203 Å². The maximum absolute atomic E-state index is 13.2. The highest BCUT2D eigenvalue weighted by Crippen LogP contribution is 2.38. The molecular weight excluding hydrogens is 442 g/mol. The van der Waals surface area contributed by atoms with Crippen LogP contribution in [0.15, 0.2) is 65.7 Å². The number of anilines is 1. The first-order valence-electron chi connectivity index (χ1n) is 11.8. The molecule has 5 rings (SSSR count). The van der Waals surface area contributed by atoms with E-state index in [0.29, 0.717) is 23.5 Å². The first kappa shape index (κ1) is 22.9. The maximum atomic E-state index is 13.2. The van der Waals surface area contributed by atoms with Crippen LogP contribution in [0.3, 0.4) is 0 Å². The summed E-state index contributed by atoms with van der Waals surface area (Å²) in [5.74, 6) is -0.994. The molecule has 0 saturated carbocycles. The van der Waals surface area contributed by atoms with E-state index < -0.39 is 10.8 Å². The van der Waals surface area contributed by atoms with Crippen molar-refractivity contribution < 1.29 is 9.72 Å². The van der Waals surface area contributed by atoms with Crippen molar-refractivity contribution in [1.82, 2.24) is 5.32 Å². The zero-order valence-corrected chi connectivity index (χ0v) is 19.3. The number of carbonyl (C=O) groups is 1. The molecule has 3 aromatic rings. The molecule has 35 heavy (non-hydrogen) atoms. The number of nitrogens with two attached hydrogens (primary N) is 1. The van der Waals surface area contributed by atoms with Crippen LogP contribution in [0.2, 0.25) is 0 Å². The van der Waals surface area contributed by atoms with Gasteiger partial charge in [0.1, 0.15) is 5.92 Å². The Morgan fingerprint density at radius 3 is 2.69 bits per heavy atom. The number of amides is 1. The minimum Gasteiger partial charge on any atom is -0.330 e. The number of hydrogen-bond acceptors (Lipinski definition) is 6. The Bertz CT molecular complexity index is 1320. The lowest BCUT2D eigenvalue weighted by Gasteiger charge is -2.18. The third-order valence-corrected chi connectivity index (χ3v) is 6.60. The van der Waals surface area contributed by atoms with Gasteiger partial charge in [-0.2, -0.15) is 0 Å². The molecule has 0 saturated heterocycles. The number of hydrogen-bond donors (Lipinski definition) is 3. The Morgan fingerprint density at radius 1 is 1.09 bits per heavy atom. The van der Waals surface area contributed by atoms with Gasteiger partial charge in [-0.1, -0.05) is 30.3 Å². The number of aryl methyl sites for hydroxylation is 1. The number of nitro groups is 1. The molecule has 1 amide bonds. The van der Waals surface area contributed by atoms with E-state index in [1.54, 1.807) is 6.07 Å². The second-order valence-electron chi connectivity index (χ2n) is 8.92. The zero-order chi connectivity index (χ0) is 24.4. The Kier molecular flexibility index (Phi) is 6.39. The van der Waals surface area contributed by atoms with E-state index in [4.69, 9.17) is 10.7 Å². The summed E-state index contributed by atoms with van der Waals surface area (Å²) in [6.45, 7) is 2.37. The van der Waals surface area contributed by atoms with Crippen LogP contribution in [0.4, 0.5) is 17.1 Å². The van der Waals surface area contributed by atoms with E-state index in [9.17, 15) is 14.9 Å². The smallest absolute Gasteiger partial charge is 0.269 e. The minimum atomic E-state index is -0.752. The molecular formula is C27H27N5O3. The van der Waals surface area contributed by atoms with Gasteiger partial charge in [-0.3, -0.25) is 19.9 Å². The van der Waals surface area contributed by atoms with Crippen molar-refractivity contribution in [2.24, 2.45) is 10.7 Å². The topological polar surface area (TPSA) is 123 Å². The highest BCUT2D eigenvalue weighted by molar-refractivity contribution is 6.24. The van der Waals surface area contributed by atoms with E-state index in [2.05, 4.69) is 22.8 Å². The van der Waals surface area contributed by atoms with Gasteiger partial charge in [0.2, 0.25) is 5.91 Å². The third kappa shape index (κ3) is 4.71. The van der Waals surface area contributed by atoms with Crippen LogP contribution in [-0.4, -0.2) is 29.6 Å². The largest absolute Gasteiger partial charge is 0.330 e. The molecule has 2 aliphatic rings. The van der Waals surface area contributed by atoms with Gasteiger partial charge in [-0.25, -0.2) is 0 Å². The zero-order valence-electron chi connectivity index (χ0n) is 19.3. The summed E-state index contributed by atoms with van der Waals surface area (Å²) in [5, 5.41) is 17.7. The maximum Gasteiger partial charge on any atom is 0.269 e. The van der Waals surface area contributed by atoms with E-state index >= 15 is 0 Å². The molecule has 0 bridgehead atoms. The second kappa shape index (κ2) is 9.77. The third-order valence-electron chi connectivity index (χ3n) is 6.60. The number of rotatable bonds is 7. The first-order chi connectivity index (χ1) is 17.0. The second-order valence-corrected chi connectivity index (χ2v) is 8.92. The molecule has 178 valence electrons. The van der Waals surface area contributed by atoms with Gasteiger partial charge in [0.25, 0.3) is 5.69 Å². The fourth-order valence-corrected chi connectivity index (χ4v) is 4.75. The number of nitrogens with one attached hydrogen (secondary N) is 2. The Morgan fingerprint density at radius 2 is 1.91 bits per heavy atom. The molecule has 0 fully saturated rings. The molecule has 1 unspecified atom stereocenters. The number of fused-ring (bicyclic) bond motifs is 2. The molecule has 8 heteroatoms. The van der Waals surface area contributed by atoms with Gasteiger partial charge in [0, 0.05) is 29.9 Å². The first-order valence-corrected chi connectivity index (χ1v) is 11.8. The van der Waals surface area contributed by atoms with Crippen molar-refractivity contribution in [2.75, 3.05) is 18.4 Å². The normalized spacial score (nSPS) is 17.0. The van der Waals surface area contributed by atoms with E-state index in [1.165, 1.54) is 23.3 Å². The lowest BCUT2D eigenvalue weighted by atomic mass is 9.89. The average Bonchev–Trinajstić information content (AvgIpc) is 3.21. The molecule has 4 N–H and O–H groups in total. The van der Waals surface area contributed by atoms with Crippen molar-refractivity contribution in [2.45, 2.75) is 31.7 Å². The SMILES string of the molecule is NCCCc1ccc(C(=Nc2ccc3c(c2)CCNC3)C2C(=O)Nc3ccc([N+](=O)[O-])cc32)cc1. The molecule has 0 aromatic heterocycles. The van der Waals surface area contributed by atoms with E-state index in [1.807, 2.05) is 30.3 Å². The standard InChI is InChI=1S/C27H27N5O3/c28-12-1-2-17-3-5-18(6-4-17)26(30-21-8-7-20-16-29-13-11-19(20)14-21)25-23-15-22(32(34)35)9-10-24(23)31-27(25)33/h3-10,14-15,25,29H,1-2,11-13,16,28H2,(H,31,33). The number of carbonyl (C=O) groups excluding carboxylic acids is 1. The van der Waals surface area contributed by atoms with Gasteiger partial charge in [0.15, 0.2) is 0 Å². The molecule has 3 aromatic carbocycles. The van der Waals surface area contributed by atoms with Gasteiger partial charge in [-0.15, -0.1) is 0 Å². The van der Waals surface area contributed by atoms with Crippen LogP contribution in [0, 0.1) is 10.1 Å². The fourth-order valence-electron chi connectivity index (χ4n) is 4.75. The molecule has 0 spiro atoms. The van der Waals surface area contributed by atoms with Gasteiger partial charge < -0.3 is 16.4 Å². The summed E-state index contributed by atoms with van der Waals surface area (Å²) in [5.41, 5.74) is 12.5. The molecule has 1 atom stereocenters. The van der Waals surface area contributed by atoms with Gasteiger partial charge >= 0.3 is 0 Å². The summed E-state index contributed by atoms with van der Waals surface area (Å²) < 4.78 is 0.